The van der Waals surface area contributed by atoms with Crippen molar-refractivity contribution in [2.75, 3.05) is 0 Å². The summed E-state index contributed by atoms with van der Waals surface area (Å²) in [4.78, 5) is 26.8. The van der Waals surface area contributed by atoms with Gasteiger partial charge < -0.3 is 9.77 Å². The molecule has 0 spiro atoms. The predicted octanol–water partition coefficient (Wildman–Crippen LogP) is 6.70. The molecule has 6 heteroatoms. The van der Waals surface area contributed by atoms with Gasteiger partial charge in [0.2, 0.25) is 11.6 Å². The molecule has 1 aliphatic carbocycles. The lowest BCUT2D eigenvalue weighted by Gasteiger charge is -2.10. The predicted molar refractivity (Wildman–Crippen MR) is 133 cm³/mol. The van der Waals surface area contributed by atoms with Crippen molar-refractivity contribution >= 4 is 50.4 Å². The molecule has 0 saturated heterocycles. The summed E-state index contributed by atoms with van der Waals surface area (Å²) < 4.78 is 2.19. The van der Waals surface area contributed by atoms with Crippen molar-refractivity contribution in [3.05, 3.63) is 69.9 Å². The number of rotatable bonds is 7. The first-order chi connectivity index (χ1) is 16.1. The van der Waals surface area contributed by atoms with Gasteiger partial charge in [0.1, 0.15) is 5.71 Å². The quantitative estimate of drug-likeness (QED) is 0.145. The van der Waals surface area contributed by atoms with Gasteiger partial charge in [0.05, 0.1) is 4.88 Å². The Morgan fingerprint density at radius 2 is 1.70 bits per heavy atom. The molecule has 0 amide bonds. The number of aromatic nitrogens is 1. The van der Waals surface area contributed by atoms with Crippen molar-refractivity contribution in [3.63, 3.8) is 0 Å². The molecule has 1 N–H and O–H groups in total. The summed E-state index contributed by atoms with van der Waals surface area (Å²) in [6.45, 7) is 2.86. The maximum atomic E-state index is 13.2. The van der Waals surface area contributed by atoms with Crippen molar-refractivity contribution in [2.24, 2.45) is 11.1 Å². The second-order valence-corrected chi connectivity index (χ2v) is 9.69. The van der Waals surface area contributed by atoms with E-state index >= 15 is 0 Å². The van der Waals surface area contributed by atoms with Crippen molar-refractivity contribution in [1.29, 1.82) is 0 Å². The van der Waals surface area contributed by atoms with Crippen LogP contribution >= 0.6 is 11.3 Å². The van der Waals surface area contributed by atoms with Gasteiger partial charge >= 0.3 is 0 Å². The van der Waals surface area contributed by atoms with Crippen LogP contribution in [0, 0.1) is 5.92 Å². The van der Waals surface area contributed by atoms with Crippen molar-refractivity contribution in [2.45, 2.75) is 45.6 Å². The largest absolute Gasteiger partial charge is 0.411 e. The molecule has 2 aromatic carbocycles. The topological polar surface area (TPSA) is 71.7 Å². The molecule has 1 fully saturated rings. The number of carbonyl (C=O) groups excluding carboxylic acids is 2. The Bertz CT molecular complexity index is 1380. The van der Waals surface area contributed by atoms with Gasteiger partial charge in [0.15, 0.2) is 0 Å². The molecule has 0 radical (unpaired) electrons. The van der Waals surface area contributed by atoms with Crippen LogP contribution in [0.25, 0.3) is 21.8 Å². The second kappa shape index (κ2) is 8.94. The number of Topliss-reactive ketones (excluding diaryl/α,β-unsaturated/α-hetero) is 1. The molecular weight excluding hydrogens is 432 g/mol. The third kappa shape index (κ3) is 3.89. The first-order valence-corrected chi connectivity index (χ1v) is 12.4. The fourth-order valence-electron chi connectivity index (χ4n) is 5.11. The highest BCUT2D eigenvalue weighted by Crippen LogP contribution is 2.33. The number of benzene rings is 2. The maximum absolute atomic E-state index is 13.2. The third-order valence-electron chi connectivity index (χ3n) is 6.79. The van der Waals surface area contributed by atoms with Crippen LogP contribution in [-0.2, 0) is 6.54 Å². The van der Waals surface area contributed by atoms with E-state index in [9.17, 15) is 14.8 Å². The fourth-order valence-corrected chi connectivity index (χ4v) is 5.80. The summed E-state index contributed by atoms with van der Waals surface area (Å²) in [6.07, 6.45) is 5.02. The Balaban J connectivity index is 1.58. The van der Waals surface area contributed by atoms with E-state index in [1.54, 1.807) is 0 Å². The lowest BCUT2D eigenvalue weighted by Crippen LogP contribution is -2.17. The molecule has 1 saturated carbocycles. The molecule has 2 aromatic heterocycles. The average molecular weight is 459 g/mol. The summed E-state index contributed by atoms with van der Waals surface area (Å²) >= 11 is 1.43. The van der Waals surface area contributed by atoms with Gasteiger partial charge in [-0.05, 0) is 67.1 Å². The zero-order valence-corrected chi connectivity index (χ0v) is 19.4. The Hall–Kier alpha value is -3.25. The maximum Gasteiger partial charge on any atom is 0.210 e. The minimum Gasteiger partial charge on any atom is -0.411 e. The Kier molecular flexibility index (Phi) is 5.85. The zero-order valence-electron chi connectivity index (χ0n) is 18.6. The van der Waals surface area contributed by atoms with Gasteiger partial charge in [0.25, 0.3) is 0 Å². The van der Waals surface area contributed by atoms with Gasteiger partial charge in [-0.1, -0.05) is 36.9 Å². The highest BCUT2D eigenvalue weighted by atomic mass is 32.1. The number of ketones is 2. The van der Waals surface area contributed by atoms with E-state index in [1.807, 2.05) is 53.9 Å². The summed E-state index contributed by atoms with van der Waals surface area (Å²) in [5.41, 5.74) is 3.42. The second-order valence-electron chi connectivity index (χ2n) is 8.74. The molecule has 0 aliphatic heterocycles. The molecule has 168 valence electrons. The van der Waals surface area contributed by atoms with E-state index < -0.39 is 0 Å². The van der Waals surface area contributed by atoms with Crippen molar-refractivity contribution in [3.8, 4) is 0 Å². The van der Waals surface area contributed by atoms with Crippen LogP contribution in [-0.4, -0.2) is 27.1 Å². The Morgan fingerprint density at radius 3 is 2.30 bits per heavy atom. The van der Waals surface area contributed by atoms with Gasteiger partial charge in [0, 0.05) is 39.5 Å². The highest BCUT2D eigenvalue weighted by molar-refractivity contribution is 7.12. The van der Waals surface area contributed by atoms with E-state index in [-0.39, 0.29) is 17.3 Å². The summed E-state index contributed by atoms with van der Waals surface area (Å²) in [7, 11) is 0. The van der Waals surface area contributed by atoms with E-state index in [1.165, 1.54) is 24.2 Å². The van der Waals surface area contributed by atoms with Gasteiger partial charge in [-0.25, -0.2) is 0 Å². The number of carbonyl (C=O) groups is 2. The van der Waals surface area contributed by atoms with Crippen molar-refractivity contribution in [1.82, 2.24) is 4.57 Å². The molecule has 4 aromatic rings. The Morgan fingerprint density at radius 1 is 1.03 bits per heavy atom. The molecule has 0 atom stereocenters. The number of aryl methyl sites for hydroxylation is 1. The smallest absolute Gasteiger partial charge is 0.210 e. The molecule has 33 heavy (non-hydrogen) atoms. The zero-order chi connectivity index (χ0) is 22.9. The summed E-state index contributed by atoms with van der Waals surface area (Å²) in [5, 5.41) is 16.7. The molecule has 5 rings (SSSR count). The highest BCUT2D eigenvalue weighted by Gasteiger charge is 2.24. The number of nitrogens with zero attached hydrogens (tertiary/aromatic N) is 2. The van der Waals surface area contributed by atoms with Crippen molar-refractivity contribution < 1.29 is 14.8 Å². The van der Waals surface area contributed by atoms with Gasteiger partial charge in [-0.15, -0.1) is 11.3 Å². The normalized spacial score (nSPS) is 15.0. The van der Waals surface area contributed by atoms with Crippen LogP contribution in [0.15, 0.2) is 59.1 Å². The van der Waals surface area contributed by atoms with Crippen LogP contribution < -0.4 is 0 Å². The first-order valence-electron chi connectivity index (χ1n) is 11.5. The molecule has 0 bridgehead atoms. The third-order valence-corrected chi connectivity index (χ3v) is 7.66. The molecule has 1 aliphatic rings. The molecule has 5 nitrogen and oxygen atoms in total. The standard InChI is InChI=1S/C27H26N2O3S/c1-2-29-23-11-9-18(26(30)22(28-32)14-17-6-3-4-7-17)15-20(23)21-16-19(10-12-24(21)29)27(31)25-8-5-13-33-25/h5,8-13,15-17,32H,2-4,6-7,14H2,1H3. The van der Waals surface area contributed by atoms with E-state index in [4.69, 9.17) is 0 Å². The van der Waals surface area contributed by atoms with Crippen LogP contribution in [0.1, 0.15) is 64.6 Å². The Labute approximate surface area is 196 Å². The summed E-state index contributed by atoms with van der Waals surface area (Å²) in [6, 6.07) is 15.2. The minimum absolute atomic E-state index is 0.00259. The van der Waals surface area contributed by atoms with Crippen LogP contribution in [0.2, 0.25) is 0 Å². The number of oxime groups is 1. The first kappa shape index (κ1) is 21.6. The van der Waals surface area contributed by atoms with Crippen LogP contribution in [0.3, 0.4) is 0 Å². The van der Waals surface area contributed by atoms with Gasteiger partial charge in [-0.2, -0.15) is 0 Å². The number of hydrogen-bond acceptors (Lipinski definition) is 5. The number of thiophene rings is 1. The monoisotopic (exact) mass is 458 g/mol. The summed E-state index contributed by atoms with van der Waals surface area (Å²) in [5.74, 6) is 0.189. The lowest BCUT2D eigenvalue weighted by atomic mass is 9.95. The average Bonchev–Trinajstić information content (AvgIpc) is 3.61. The van der Waals surface area contributed by atoms with E-state index in [0.29, 0.717) is 28.3 Å². The fraction of sp³-hybridized carbons (Fsp3) is 0.296. The van der Waals surface area contributed by atoms with Crippen LogP contribution in [0.5, 0.6) is 0 Å². The van der Waals surface area contributed by atoms with E-state index in [0.717, 1.165) is 41.2 Å². The van der Waals surface area contributed by atoms with Gasteiger partial charge in [-0.3, -0.25) is 9.59 Å². The number of fused-ring (bicyclic) bond motifs is 3. The lowest BCUT2D eigenvalue weighted by molar-refractivity contribution is 0.103. The molecule has 0 unspecified atom stereocenters. The van der Waals surface area contributed by atoms with Crippen LogP contribution in [0.4, 0.5) is 0 Å². The molecular formula is C27H26N2O3S. The molecule has 2 heterocycles. The number of hydrogen-bond donors (Lipinski definition) is 1. The SMILES string of the molecule is CCn1c2ccc(C(=O)C(CC3CCCC3)=NO)cc2c2cc(C(=O)c3cccs3)ccc21. The van der Waals surface area contributed by atoms with E-state index in [2.05, 4.69) is 16.6 Å². The minimum atomic E-state index is -0.227.